The van der Waals surface area contributed by atoms with Crippen LogP contribution in [-0.2, 0) is 18.9 Å². The normalized spacial score (nSPS) is 11.8. The third-order valence-electron chi connectivity index (χ3n) is 9.18. The Balaban J connectivity index is 0.000000526. The van der Waals surface area contributed by atoms with Crippen molar-refractivity contribution in [3.8, 4) is 0 Å². The molecular formula is C44H68O8. The molecule has 8 heteroatoms. The standard InChI is InChI=1S/C24H38O4.C20H30O4/c1-5-9-13-19(7-3)17-27-23(25)21-15-11-12-16-22(21)24(26)28-18-20(8-4)14-10-6-2;1-3-5-7-11-15-23-19(21)17-13-9-10-14-18(17)20(22)24-16-12-8-6-4-2/h11-12,15-16,19-20H,5-10,13-14,17-18H2,1-4H3;9-10,13-14H,3-8,11-12,15-16H2,1-2H3. The second kappa shape index (κ2) is 29.9. The molecule has 2 aromatic carbocycles. The second-order valence-electron chi connectivity index (χ2n) is 13.5. The van der Waals surface area contributed by atoms with Crippen LogP contribution in [0.4, 0.5) is 0 Å². The van der Waals surface area contributed by atoms with Gasteiger partial charge in [0.25, 0.3) is 0 Å². The van der Waals surface area contributed by atoms with Crippen molar-refractivity contribution < 1.29 is 38.1 Å². The van der Waals surface area contributed by atoms with E-state index in [9.17, 15) is 19.2 Å². The smallest absolute Gasteiger partial charge is 0.339 e. The molecular weight excluding hydrogens is 656 g/mol. The Morgan fingerprint density at radius 1 is 0.423 bits per heavy atom. The maximum atomic E-state index is 12.6. The van der Waals surface area contributed by atoms with Crippen LogP contribution in [0.3, 0.4) is 0 Å². The molecule has 0 saturated carbocycles. The van der Waals surface area contributed by atoms with Crippen molar-refractivity contribution in [2.45, 2.75) is 144 Å². The minimum absolute atomic E-state index is 0.284. The maximum Gasteiger partial charge on any atom is 0.339 e. The van der Waals surface area contributed by atoms with E-state index in [0.717, 1.165) is 103 Å². The van der Waals surface area contributed by atoms with Gasteiger partial charge in [-0.25, -0.2) is 19.2 Å². The molecule has 8 nitrogen and oxygen atoms in total. The van der Waals surface area contributed by atoms with Gasteiger partial charge in [0.2, 0.25) is 0 Å². The van der Waals surface area contributed by atoms with Crippen molar-refractivity contribution in [2.75, 3.05) is 26.4 Å². The lowest BCUT2D eigenvalue weighted by Crippen LogP contribution is -2.19. The van der Waals surface area contributed by atoms with Crippen LogP contribution in [0.5, 0.6) is 0 Å². The molecule has 2 atom stereocenters. The Morgan fingerprint density at radius 2 is 0.731 bits per heavy atom. The minimum Gasteiger partial charge on any atom is -0.462 e. The quantitative estimate of drug-likeness (QED) is 0.0536. The fraction of sp³-hybridized carbons (Fsp3) is 0.636. The first-order valence-electron chi connectivity index (χ1n) is 20.1. The van der Waals surface area contributed by atoms with Gasteiger partial charge >= 0.3 is 23.9 Å². The largest absolute Gasteiger partial charge is 0.462 e. The molecule has 0 fully saturated rings. The lowest BCUT2D eigenvalue weighted by atomic mass is 10.0. The predicted molar refractivity (Wildman–Crippen MR) is 209 cm³/mol. The molecule has 0 N–H and O–H groups in total. The number of carbonyl (C=O) groups excluding carboxylic acids is 4. The van der Waals surface area contributed by atoms with Crippen LogP contribution < -0.4 is 0 Å². The van der Waals surface area contributed by atoms with Gasteiger partial charge in [-0.1, -0.05) is 143 Å². The van der Waals surface area contributed by atoms with E-state index >= 15 is 0 Å². The summed E-state index contributed by atoms with van der Waals surface area (Å²) in [4.78, 5) is 49.5. The Bertz CT molecular complexity index is 1180. The molecule has 0 spiro atoms. The fourth-order valence-electron chi connectivity index (χ4n) is 5.56. The van der Waals surface area contributed by atoms with Crippen molar-refractivity contribution in [2.24, 2.45) is 11.8 Å². The van der Waals surface area contributed by atoms with Crippen LogP contribution in [0.15, 0.2) is 48.5 Å². The summed E-state index contributed by atoms with van der Waals surface area (Å²) in [6.45, 7) is 14.4. The van der Waals surface area contributed by atoms with Crippen LogP contribution in [-0.4, -0.2) is 50.3 Å². The summed E-state index contributed by atoms with van der Waals surface area (Å²) in [5, 5.41) is 0. The van der Waals surface area contributed by atoms with Crippen LogP contribution in [0.1, 0.15) is 186 Å². The Morgan fingerprint density at radius 3 is 1.02 bits per heavy atom. The monoisotopic (exact) mass is 724 g/mol. The molecule has 52 heavy (non-hydrogen) atoms. The van der Waals surface area contributed by atoms with Crippen LogP contribution in [0, 0.1) is 11.8 Å². The Kier molecular flexibility index (Phi) is 26.6. The number of rotatable bonds is 26. The third kappa shape index (κ3) is 19.2. The van der Waals surface area contributed by atoms with Gasteiger partial charge in [-0.05, 0) is 61.8 Å². The summed E-state index contributed by atoms with van der Waals surface area (Å²) in [5.41, 5.74) is 1.15. The second-order valence-corrected chi connectivity index (χ2v) is 13.5. The first kappa shape index (κ1) is 46.3. The first-order chi connectivity index (χ1) is 25.3. The minimum atomic E-state index is -0.454. The Labute approximate surface area is 314 Å². The van der Waals surface area contributed by atoms with Gasteiger partial charge in [-0.15, -0.1) is 0 Å². The maximum absolute atomic E-state index is 12.6. The summed E-state index contributed by atoms with van der Waals surface area (Å²) < 4.78 is 21.6. The zero-order valence-electron chi connectivity index (χ0n) is 33.2. The molecule has 0 amide bonds. The molecule has 2 rings (SSSR count). The lowest BCUT2D eigenvalue weighted by Gasteiger charge is -2.17. The van der Waals surface area contributed by atoms with Gasteiger partial charge in [0.15, 0.2) is 0 Å². The van der Waals surface area contributed by atoms with Gasteiger partial charge in [-0.2, -0.15) is 0 Å². The lowest BCUT2D eigenvalue weighted by molar-refractivity contribution is 0.0381. The van der Waals surface area contributed by atoms with E-state index in [4.69, 9.17) is 18.9 Å². The number of esters is 4. The van der Waals surface area contributed by atoms with Crippen molar-refractivity contribution in [3.63, 3.8) is 0 Å². The zero-order valence-corrected chi connectivity index (χ0v) is 33.2. The molecule has 0 aromatic heterocycles. The third-order valence-corrected chi connectivity index (χ3v) is 9.18. The van der Waals surface area contributed by atoms with Crippen molar-refractivity contribution in [1.29, 1.82) is 0 Å². The van der Waals surface area contributed by atoms with Crippen molar-refractivity contribution >= 4 is 23.9 Å². The van der Waals surface area contributed by atoms with Gasteiger partial charge in [-0.3, -0.25) is 0 Å². The van der Waals surface area contributed by atoms with Crippen LogP contribution >= 0.6 is 0 Å². The van der Waals surface area contributed by atoms with Crippen molar-refractivity contribution in [3.05, 3.63) is 70.8 Å². The number of carbonyl (C=O) groups is 4. The van der Waals surface area contributed by atoms with E-state index in [2.05, 4.69) is 41.5 Å². The number of ether oxygens (including phenoxy) is 4. The summed E-state index contributed by atoms with van der Waals surface area (Å²) >= 11 is 0. The van der Waals surface area contributed by atoms with E-state index in [-0.39, 0.29) is 11.1 Å². The molecule has 0 bridgehead atoms. The molecule has 2 aromatic rings. The highest BCUT2D eigenvalue weighted by atomic mass is 16.5. The topological polar surface area (TPSA) is 105 Å². The van der Waals surface area contributed by atoms with E-state index in [0.29, 0.717) is 49.4 Å². The average Bonchev–Trinajstić information content (AvgIpc) is 3.17. The number of benzene rings is 2. The van der Waals surface area contributed by atoms with Gasteiger partial charge < -0.3 is 18.9 Å². The number of hydrogen-bond acceptors (Lipinski definition) is 8. The van der Waals surface area contributed by atoms with Crippen molar-refractivity contribution in [1.82, 2.24) is 0 Å². The highest BCUT2D eigenvalue weighted by Crippen LogP contribution is 2.19. The molecule has 0 aliphatic rings. The summed E-state index contributed by atoms with van der Waals surface area (Å²) in [6.07, 6.45) is 17.0. The van der Waals surface area contributed by atoms with Gasteiger partial charge in [0.05, 0.1) is 48.7 Å². The van der Waals surface area contributed by atoms with Gasteiger partial charge in [0, 0.05) is 0 Å². The molecule has 0 saturated heterocycles. The Hall–Kier alpha value is -3.68. The van der Waals surface area contributed by atoms with E-state index in [1.165, 1.54) is 0 Å². The SMILES string of the molecule is CCCCC(CC)COC(=O)c1ccccc1C(=O)OCC(CC)CCCC.CCCCCCOC(=O)c1ccccc1C(=O)OCCCCCC. The fourth-order valence-corrected chi connectivity index (χ4v) is 5.56. The number of unbranched alkanes of at least 4 members (excludes halogenated alkanes) is 8. The summed E-state index contributed by atoms with van der Waals surface area (Å²) in [7, 11) is 0. The first-order valence-corrected chi connectivity index (χ1v) is 20.1. The summed E-state index contributed by atoms with van der Waals surface area (Å²) in [6, 6.07) is 13.5. The molecule has 292 valence electrons. The average molecular weight is 725 g/mol. The molecule has 0 aliphatic carbocycles. The van der Waals surface area contributed by atoms with Crippen LogP contribution in [0.2, 0.25) is 0 Å². The molecule has 0 aliphatic heterocycles. The van der Waals surface area contributed by atoms with Gasteiger partial charge in [0.1, 0.15) is 0 Å². The highest BCUT2D eigenvalue weighted by molar-refractivity contribution is 6.03. The van der Waals surface area contributed by atoms with Crippen LogP contribution in [0.25, 0.3) is 0 Å². The predicted octanol–water partition coefficient (Wildman–Crippen LogP) is 11.6. The highest BCUT2D eigenvalue weighted by Gasteiger charge is 2.21. The molecule has 0 radical (unpaired) electrons. The van der Waals surface area contributed by atoms with E-state index < -0.39 is 23.9 Å². The summed E-state index contributed by atoms with van der Waals surface area (Å²) in [5.74, 6) is -1.06. The number of hydrogen-bond donors (Lipinski definition) is 0. The molecule has 2 unspecified atom stereocenters. The molecule has 0 heterocycles. The van der Waals surface area contributed by atoms with E-state index in [1.807, 2.05) is 0 Å². The van der Waals surface area contributed by atoms with E-state index in [1.54, 1.807) is 48.5 Å². The zero-order chi connectivity index (χ0) is 38.4.